The summed E-state index contributed by atoms with van der Waals surface area (Å²) in [6.07, 6.45) is 3.98. The predicted molar refractivity (Wildman–Crippen MR) is 119 cm³/mol. The fourth-order valence-corrected chi connectivity index (χ4v) is 4.12. The van der Waals surface area contributed by atoms with Crippen LogP contribution in [-0.4, -0.2) is 50.1 Å². The quantitative estimate of drug-likeness (QED) is 0.681. The van der Waals surface area contributed by atoms with Crippen molar-refractivity contribution >= 4 is 17.5 Å². The molecule has 7 heteroatoms. The van der Waals surface area contributed by atoms with Crippen LogP contribution < -0.4 is 20.1 Å². The summed E-state index contributed by atoms with van der Waals surface area (Å²) in [5.74, 6) is 1.28. The predicted octanol–water partition coefficient (Wildman–Crippen LogP) is 3.37. The van der Waals surface area contributed by atoms with E-state index in [9.17, 15) is 9.59 Å². The van der Waals surface area contributed by atoms with E-state index in [1.165, 1.54) is 0 Å². The first-order chi connectivity index (χ1) is 15.1. The Kier molecular flexibility index (Phi) is 6.42. The summed E-state index contributed by atoms with van der Waals surface area (Å²) >= 11 is 0. The van der Waals surface area contributed by atoms with Crippen LogP contribution in [0.15, 0.2) is 42.5 Å². The van der Waals surface area contributed by atoms with Crippen LogP contribution in [0.5, 0.6) is 11.5 Å². The van der Waals surface area contributed by atoms with Crippen LogP contribution in [0.2, 0.25) is 0 Å². The van der Waals surface area contributed by atoms with E-state index in [1.807, 2.05) is 30.3 Å². The number of ether oxygens (including phenoxy) is 2. The van der Waals surface area contributed by atoms with E-state index in [2.05, 4.69) is 15.5 Å². The lowest BCUT2D eigenvalue weighted by molar-refractivity contribution is -0.117. The number of likely N-dealkylation sites (tertiary alicyclic amines) is 1. The molecule has 2 aromatic carbocycles. The zero-order chi connectivity index (χ0) is 21.8. The van der Waals surface area contributed by atoms with Gasteiger partial charge in [0.2, 0.25) is 5.91 Å². The van der Waals surface area contributed by atoms with Crippen LogP contribution >= 0.6 is 0 Å². The molecule has 1 atom stereocenters. The largest absolute Gasteiger partial charge is 0.497 e. The second-order valence-corrected chi connectivity index (χ2v) is 8.08. The first-order valence-electron chi connectivity index (χ1n) is 10.7. The van der Waals surface area contributed by atoms with Gasteiger partial charge in [-0.05, 0) is 62.6 Å². The van der Waals surface area contributed by atoms with Crippen molar-refractivity contribution in [2.24, 2.45) is 0 Å². The van der Waals surface area contributed by atoms with E-state index in [1.54, 1.807) is 26.4 Å². The van der Waals surface area contributed by atoms with Crippen molar-refractivity contribution in [3.8, 4) is 11.5 Å². The molecule has 1 aliphatic heterocycles. The molecule has 2 aromatic rings. The number of nitrogens with one attached hydrogen (secondary N) is 2. The molecule has 2 aliphatic rings. The maximum atomic E-state index is 12.9. The van der Waals surface area contributed by atoms with Gasteiger partial charge in [-0.15, -0.1) is 0 Å². The normalized spacial score (nSPS) is 18.5. The Hall–Kier alpha value is -3.06. The highest BCUT2D eigenvalue weighted by Crippen LogP contribution is 2.38. The molecule has 1 aliphatic carbocycles. The van der Waals surface area contributed by atoms with E-state index >= 15 is 0 Å². The summed E-state index contributed by atoms with van der Waals surface area (Å²) in [4.78, 5) is 27.6. The zero-order valence-electron chi connectivity index (χ0n) is 18.0. The first-order valence-corrected chi connectivity index (χ1v) is 10.7. The number of hydrogen-bond donors (Lipinski definition) is 2. The lowest BCUT2D eigenvalue weighted by atomic mass is 10.0. The molecule has 164 valence electrons. The molecule has 1 saturated heterocycles. The minimum atomic E-state index is -0.140. The van der Waals surface area contributed by atoms with E-state index in [-0.39, 0.29) is 30.4 Å². The Morgan fingerprint density at radius 2 is 1.87 bits per heavy atom. The lowest BCUT2D eigenvalue weighted by Gasteiger charge is -2.26. The lowest BCUT2D eigenvalue weighted by Crippen LogP contribution is -2.34. The molecule has 2 fully saturated rings. The summed E-state index contributed by atoms with van der Waals surface area (Å²) in [5, 5.41) is 5.92. The molecule has 31 heavy (non-hydrogen) atoms. The highest BCUT2D eigenvalue weighted by atomic mass is 16.5. The first kappa shape index (κ1) is 21.2. The Balaban J connectivity index is 1.46. The van der Waals surface area contributed by atoms with Gasteiger partial charge in [0.1, 0.15) is 11.5 Å². The third kappa shape index (κ3) is 4.99. The number of benzene rings is 2. The van der Waals surface area contributed by atoms with Gasteiger partial charge in [0.05, 0.1) is 32.0 Å². The van der Waals surface area contributed by atoms with Gasteiger partial charge >= 0.3 is 0 Å². The van der Waals surface area contributed by atoms with Crippen molar-refractivity contribution in [3.63, 3.8) is 0 Å². The summed E-state index contributed by atoms with van der Waals surface area (Å²) in [6, 6.07) is 13.2. The molecular formula is C24H29N3O4. The SMILES string of the molecule is COc1ccc(OC)c([C@@H]2CCCN2CC(=O)Nc2ccccc2C(=O)NC2CC2)c1. The second-order valence-electron chi connectivity index (χ2n) is 8.08. The smallest absolute Gasteiger partial charge is 0.253 e. The van der Waals surface area contributed by atoms with E-state index in [4.69, 9.17) is 9.47 Å². The Bertz CT molecular complexity index is 958. The van der Waals surface area contributed by atoms with Gasteiger partial charge < -0.3 is 20.1 Å². The zero-order valence-corrected chi connectivity index (χ0v) is 18.0. The standard InChI is InChI=1S/C24H29N3O4/c1-30-17-11-12-22(31-2)19(14-17)21-8-5-13-27(21)15-23(28)26-20-7-4-3-6-18(20)24(29)25-16-9-10-16/h3-4,6-7,11-12,14,16,21H,5,8-10,13,15H2,1-2H3,(H,25,29)(H,26,28)/t21-/m0/s1. The fourth-order valence-electron chi connectivity index (χ4n) is 4.12. The number of methoxy groups -OCH3 is 2. The summed E-state index contributed by atoms with van der Waals surface area (Å²) < 4.78 is 10.9. The van der Waals surface area contributed by atoms with Crippen molar-refractivity contribution in [2.75, 3.05) is 32.6 Å². The van der Waals surface area contributed by atoms with E-state index < -0.39 is 0 Å². The van der Waals surface area contributed by atoms with Crippen LogP contribution in [0.3, 0.4) is 0 Å². The molecule has 1 heterocycles. The van der Waals surface area contributed by atoms with Gasteiger partial charge in [-0.1, -0.05) is 12.1 Å². The van der Waals surface area contributed by atoms with E-state index in [0.717, 1.165) is 49.3 Å². The second kappa shape index (κ2) is 9.39. The maximum Gasteiger partial charge on any atom is 0.253 e. The average molecular weight is 424 g/mol. The van der Waals surface area contributed by atoms with Gasteiger partial charge in [0.15, 0.2) is 0 Å². The Labute approximate surface area is 182 Å². The van der Waals surface area contributed by atoms with Crippen molar-refractivity contribution in [2.45, 2.75) is 37.8 Å². The molecule has 4 rings (SSSR count). The average Bonchev–Trinajstić information content (AvgIpc) is 3.48. The number of nitrogens with zero attached hydrogens (tertiary/aromatic N) is 1. The van der Waals surface area contributed by atoms with Gasteiger partial charge in [0.25, 0.3) is 5.91 Å². The third-order valence-corrected chi connectivity index (χ3v) is 5.86. The number of anilines is 1. The van der Waals surface area contributed by atoms with Crippen molar-refractivity contribution in [1.82, 2.24) is 10.2 Å². The highest BCUT2D eigenvalue weighted by molar-refractivity contribution is 6.04. The van der Waals surface area contributed by atoms with Gasteiger partial charge in [-0.3, -0.25) is 14.5 Å². The maximum absolute atomic E-state index is 12.9. The fraction of sp³-hybridized carbons (Fsp3) is 0.417. The molecule has 0 unspecified atom stereocenters. The molecule has 2 amide bonds. The number of carbonyl (C=O) groups excluding carboxylic acids is 2. The topological polar surface area (TPSA) is 79.9 Å². The monoisotopic (exact) mass is 423 g/mol. The molecule has 0 aromatic heterocycles. The number of para-hydroxylation sites is 1. The summed E-state index contributed by atoms with van der Waals surface area (Å²) in [6.45, 7) is 1.06. The molecule has 0 radical (unpaired) electrons. The van der Waals surface area contributed by atoms with Crippen LogP contribution in [0.4, 0.5) is 5.69 Å². The van der Waals surface area contributed by atoms with Crippen molar-refractivity contribution < 1.29 is 19.1 Å². The molecule has 0 spiro atoms. The van der Waals surface area contributed by atoms with E-state index in [0.29, 0.717) is 11.3 Å². The Morgan fingerprint density at radius 3 is 2.61 bits per heavy atom. The highest BCUT2D eigenvalue weighted by Gasteiger charge is 2.30. The van der Waals surface area contributed by atoms with Crippen LogP contribution in [0.1, 0.15) is 47.6 Å². The van der Waals surface area contributed by atoms with Crippen LogP contribution in [0.25, 0.3) is 0 Å². The van der Waals surface area contributed by atoms with Gasteiger partial charge in [-0.25, -0.2) is 0 Å². The minimum absolute atomic E-state index is 0.0733. The number of hydrogen-bond acceptors (Lipinski definition) is 5. The van der Waals surface area contributed by atoms with Crippen LogP contribution in [-0.2, 0) is 4.79 Å². The molecule has 1 saturated carbocycles. The molecule has 2 N–H and O–H groups in total. The van der Waals surface area contributed by atoms with Gasteiger partial charge in [0, 0.05) is 17.6 Å². The Morgan fingerprint density at radius 1 is 1.06 bits per heavy atom. The van der Waals surface area contributed by atoms with Crippen molar-refractivity contribution in [3.05, 3.63) is 53.6 Å². The van der Waals surface area contributed by atoms with Crippen LogP contribution in [0, 0.1) is 0 Å². The minimum Gasteiger partial charge on any atom is -0.497 e. The van der Waals surface area contributed by atoms with Crippen molar-refractivity contribution in [1.29, 1.82) is 0 Å². The number of amides is 2. The van der Waals surface area contributed by atoms with Gasteiger partial charge in [-0.2, -0.15) is 0 Å². The molecule has 7 nitrogen and oxygen atoms in total. The summed E-state index contributed by atoms with van der Waals surface area (Å²) in [5.41, 5.74) is 2.06. The summed E-state index contributed by atoms with van der Waals surface area (Å²) in [7, 11) is 3.29. The molecule has 0 bridgehead atoms. The number of carbonyl (C=O) groups is 2. The number of rotatable bonds is 8. The third-order valence-electron chi connectivity index (χ3n) is 5.86. The molecular weight excluding hydrogens is 394 g/mol.